The van der Waals surface area contributed by atoms with Gasteiger partial charge in [0.25, 0.3) is 0 Å². The van der Waals surface area contributed by atoms with Crippen LogP contribution in [0.4, 0.5) is 4.39 Å². The highest BCUT2D eigenvalue weighted by atomic mass is 35.5. The number of nitrogens with one attached hydrogen (secondary N) is 1. The van der Waals surface area contributed by atoms with E-state index in [4.69, 9.17) is 21.4 Å². The smallest absolute Gasteiger partial charge is 0.328 e. The van der Waals surface area contributed by atoms with Crippen LogP contribution in [0.15, 0.2) is 18.2 Å². The van der Waals surface area contributed by atoms with Gasteiger partial charge in [-0.3, -0.25) is 4.79 Å². The quantitative estimate of drug-likeness (QED) is 0.722. The van der Waals surface area contributed by atoms with Gasteiger partial charge in [-0.2, -0.15) is 0 Å². The van der Waals surface area contributed by atoms with Crippen LogP contribution in [0, 0.1) is 6.92 Å². The first-order chi connectivity index (χ1) is 9.93. The number of amides is 1. The molecule has 0 radical (unpaired) electrons. The number of aryl methyl sites for hydroxylation is 1. The first kappa shape index (κ1) is 17.2. The van der Waals surface area contributed by atoms with Gasteiger partial charge in [-0.1, -0.05) is 11.6 Å². The maximum Gasteiger partial charge on any atom is 0.328 e. The molecule has 21 heavy (non-hydrogen) atoms. The van der Waals surface area contributed by atoms with Crippen molar-refractivity contribution in [3.05, 3.63) is 28.8 Å². The number of benzene rings is 1. The van der Waals surface area contributed by atoms with Crippen LogP contribution in [0.2, 0.25) is 5.02 Å². The summed E-state index contributed by atoms with van der Waals surface area (Å²) in [6.07, 6.45) is 0.461. The molecule has 5 nitrogen and oxygen atoms in total. The van der Waals surface area contributed by atoms with Crippen molar-refractivity contribution >= 4 is 23.5 Å². The SMILES string of the molecule is Cc1cc(OCCCC(=O)NC(CF)C(=O)O)ccc1Cl. The van der Waals surface area contributed by atoms with Gasteiger partial charge in [-0.05, 0) is 37.1 Å². The molecule has 116 valence electrons. The number of halogens is 2. The van der Waals surface area contributed by atoms with Crippen LogP contribution in [0.5, 0.6) is 5.75 Å². The van der Waals surface area contributed by atoms with E-state index in [0.29, 0.717) is 23.8 Å². The molecule has 1 amide bonds. The molecule has 1 unspecified atom stereocenters. The molecule has 2 N–H and O–H groups in total. The van der Waals surface area contributed by atoms with E-state index in [0.717, 1.165) is 5.56 Å². The van der Waals surface area contributed by atoms with Gasteiger partial charge in [0.2, 0.25) is 5.91 Å². The molecule has 0 aliphatic carbocycles. The molecule has 0 aromatic heterocycles. The van der Waals surface area contributed by atoms with Crippen LogP contribution in [-0.4, -0.2) is 36.3 Å². The maximum absolute atomic E-state index is 12.3. The Morgan fingerprint density at radius 2 is 2.19 bits per heavy atom. The van der Waals surface area contributed by atoms with E-state index in [1.54, 1.807) is 18.2 Å². The lowest BCUT2D eigenvalue weighted by atomic mass is 10.2. The second-order valence-electron chi connectivity index (χ2n) is 4.48. The van der Waals surface area contributed by atoms with Crippen molar-refractivity contribution in [2.24, 2.45) is 0 Å². The van der Waals surface area contributed by atoms with Gasteiger partial charge in [0.1, 0.15) is 12.4 Å². The number of rotatable bonds is 8. The average molecular weight is 318 g/mol. The summed E-state index contributed by atoms with van der Waals surface area (Å²) in [5, 5.41) is 11.3. The average Bonchev–Trinajstić information content (AvgIpc) is 2.44. The highest BCUT2D eigenvalue weighted by molar-refractivity contribution is 6.31. The Morgan fingerprint density at radius 1 is 1.48 bits per heavy atom. The fourth-order valence-corrected chi connectivity index (χ4v) is 1.68. The highest BCUT2D eigenvalue weighted by Gasteiger charge is 2.19. The Morgan fingerprint density at radius 3 is 2.76 bits per heavy atom. The summed E-state index contributed by atoms with van der Waals surface area (Å²) in [7, 11) is 0. The number of carbonyl (C=O) groups is 2. The van der Waals surface area contributed by atoms with Gasteiger partial charge >= 0.3 is 5.97 Å². The zero-order valence-corrected chi connectivity index (χ0v) is 12.3. The van der Waals surface area contributed by atoms with Crippen molar-refractivity contribution in [1.29, 1.82) is 0 Å². The fraction of sp³-hybridized carbons (Fsp3) is 0.429. The number of carboxylic acids is 1. The van der Waals surface area contributed by atoms with E-state index < -0.39 is 24.6 Å². The minimum absolute atomic E-state index is 0.0658. The van der Waals surface area contributed by atoms with Crippen molar-refractivity contribution in [2.45, 2.75) is 25.8 Å². The lowest BCUT2D eigenvalue weighted by molar-refractivity contribution is -0.142. The molecule has 7 heteroatoms. The van der Waals surface area contributed by atoms with E-state index in [1.807, 2.05) is 6.92 Å². The zero-order chi connectivity index (χ0) is 15.8. The van der Waals surface area contributed by atoms with Crippen LogP contribution in [0.1, 0.15) is 18.4 Å². The number of alkyl halides is 1. The first-order valence-electron chi connectivity index (χ1n) is 6.41. The maximum atomic E-state index is 12.3. The predicted octanol–water partition coefficient (Wildman–Crippen LogP) is 2.35. The van der Waals surface area contributed by atoms with Gasteiger partial charge in [0.05, 0.1) is 6.61 Å². The molecule has 0 bridgehead atoms. The van der Waals surface area contributed by atoms with E-state index >= 15 is 0 Å². The third-order valence-corrected chi connectivity index (χ3v) is 3.16. The van der Waals surface area contributed by atoms with E-state index in [-0.39, 0.29) is 6.42 Å². The molecular formula is C14H17ClFNO4. The van der Waals surface area contributed by atoms with Gasteiger partial charge in [-0.15, -0.1) is 0 Å². The van der Waals surface area contributed by atoms with Crippen LogP contribution >= 0.6 is 11.6 Å². The van der Waals surface area contributed by atoms with Crippen LogP contribution in [0.3, 0.4) is 0 Å². The molecule has 0 saturated heterocycles. The third-order valence-electron chi connectivity index (χ3n) is 2.73. The first-order valence-corrected chi connectivity index (χ1v) is 6.79. The second-order valence-corrected chi connectivity index (χ2v) is 4.88. The standard InChI is InChI=1S/C14H17ClFNO4/c1-9-7-10(4-5-11(9)15)21-6-2-3-13(18)17-12(8-16)14(19)20/h4-5,7,12H,2-3,6,8H2,1H3,(H,17,18)(H,19,20). The van der Waals surface area contributed by atoms with Gasteiger partial charge < -0.3 is 15.2 Å². The summed E-state index contributed by atoms with van der Waals surface area (Å²) in [5.41, 5.74) is 0.888. The van der Waals surface area contributed by atoms with Gasteiger partial charge in [-0.25, -0.2) is 9.18 Å². The Balaban J connectivity index is 2.28. The monoisotopic (exact) mass is 317 g/mol. The van der Waals surface area contributed by atoms with Gasteiger partial charge in [0.15, 0.2) is 6.04 Å². The van der Waals surface area contributed by atoms with Crippen molar-refractivity contribution in [3.8, 4) is 5.75 Å². The molecule has 0 aliphatic rings. The van der Waals surface area contributed by atoms with Gasteiger partial charge in [0, 0.05) is 11.4 Å². The van der Waals surface area contributed by atoms with Crippen molar-refractivity contribution < 1.29 is 23.8 Å². The minimum atomic E-state index is -1.49. The van der Waals surface area contributed by atoms with E-state index in [1.165, 1.54) is 0 Å². The fourth-order valence-electron chi connectivity index (χ4n) is 1.56. The summed E-state index contributed by atoms with van der Waals surface area (Å²) in [6, 6.07) is 3.74. The topological polar surface area (TPSA) is 75.6 Å². The zero-order valence-electron chi connectivity index (χ0n) is 11.6. The molecule has 0 heterocycles. The third kappa shape index (κ3) is 5.99. The van der Waals surface area contributed by atoms with Crippen molar-refractivity contribution in [2.75, 3.05) is 13.3 Å². The molecule has 0 saturated carbocycles. The molecule has 1 aromatic rings. The minimum Gasteiger partial charge on any atom is -0.494 e. The number of ether oxygens (including phenoxy) is 1. The normalized spacial score (nSPS) is 11.8. The summed E-state index contributed by atoms with van der Waals surface area (Å²) in [4.78, 5) is 22.0. The summed E-state index contributed by atoms with van der Waals surface area (Å²) >= 11 is 5.88. The molecule has 0 fully saturated rings. The Hall–Kier alpha value is -1.82. The summed E-state index contributed by atoms with van der Waals surface area (Å²) in [6.45, 7) is 1.01. The molecule has 1 rings (SSSR count). The van der Waals surface area contributed by atoms with Crippen LogP contribution in [-0.2, 0) is 9.59 Å². The van der Waals surface area contributed by atoms with E-state index in [9.17, 15) is 14.0 Å². The number of hydrogen-bond acceptors (Lipinski definition) is 3. The van der Waals surface area contributed by atoms with Crippen molar-refractivity contribution in [3.63, 3.8) is 0 Å². The molecule has 0 spiro atoms. The predicted molar refractivity (Wildman–Crippen MR) is 76.5 cm³/mol. The summed E-state index contributed by atoms with van der Waals surface area (Å²) in [5.74, 6) is -1.26. The Labute approximate surface area is 127 Å². The number of carbonyl (C=O) groups excluding carboxylic acids is 1. The number of hydrogen-bond donors (Lipinski definition) is 2. The molecule has 1 atom stereocenters. The highest BCUT2D eigenvalue weighted by Crippen LogP contribution is 2.21. The Kier molecular flexibility index (Phi) is 6.94. The largest absolute Gasteiger partial charge is 0.494 e. The summed E-state index contributed by atoms with van der Waals surface area (Å²) < 4.78 is 17.8. The van der Waals surface area contributed by atoms with Crippen LogP contribution in [0.25, 0.3) is 0 Å². The molecular weight excluding hydrogens is 301 g/mol. The number of aliphatic carboxylic acids is 1. The van der Waals surface area contributed by atoms with E-state index in [2.05, 4.69) is 5.32 Å². The lowest BCUT2D eigenvalue weighted by Crippen LogP contribution is -2.42. The molecule has 0 aliphatic heterocycles. The number of carboxylic acid groups (broad SMARTS) is 1. The van der Waals surface area contributed by atoms with Crippen LogP contribution < -0.4 is 10.1 Å². The molecule has 1 aromatic carbocycles. The second kappa shape index (κ2) is 8.46. The Bertz CT molecular complexity index is 510. The van der Waals surface area contributed by atoms with Crippen molar-refractivity contribution in [1.82, 2.24) is 5.32 Å². The lowest BCUT2D eigenvalue weighted by Gasteiger charge is -2.11.